The van der Waals surface area contributed by atoms with E-state index >= 15 is 0 Å². The summed E-state index contributed by atoms with van der Waals surface area (Å²) >= 11 is 1.63. The van der Waals surface area contributed by atoms with Crippen molar-refractivity contribution in [3.63, 3.8) is 0 Å². The Bertz CT molecular complexity index is 482. The Labute approximate surface area is 104 Å². The monoisotopic (exact) mass is 250 g/mol. The second-order valence-electron chi connectivity index (χ2n) is 3.67. The van der Waals surface area contributed by atoms with Crippen molar-refractivity contribution in [3.05, 3.63) is 34.0 Å². The molecular weight excluding hydrogens is 236 g/mol. The number of aryl methyl sites for hydroxylation is 1. The molecule has 2 N–H and O–H groups in total. The summed E-state index contributed by atoms with van der Waals surface area (Å²) in [6, 6.07) is 0.216. The Hall–Kier alpha value is -1.53. The van der Waals surface area contributed by atoms with Gasteiger partial charge in [0.2, 0.25) is 0 Å². The van der Waals surface area contributed by atoms with Crippen LogP contribution in [0.4, 0.5) is 0 Å². The first-order valence-corrected chi connectivity index (χ1v) is 6.09. The van der Waals surface area contributed by atoms with E-state index in [9.17, 15) is 0 Å². The lowest BCUT2D eigenvalue weighted by Crippen LogP contribution is -2.14. The lowest BCUT2D eigenvalue weighted by molar-refractivity contribution is 0.379. The molecule has 0 aliphatic carbocycles. The van der Waals surface area contributed by atoms with Crippen molar-refractivity contribution in [1.82, 2.24) is 15.0 Å². The minimum atomic E-state index is -0.137. The maximum atomic E-state index is 6.07. The molecule has 5 nitrogen and oxygen atoms in total. The largest absolute Gasteiger partial charge is 0.467 e. The molecule has 90 valence electrons. The third-order valence-corrected chi connectivity index (χ3v) is 3.18. The number of hydrogen-bond acceptors (Lipinski definition) is 6. The van der Waals surface area contributed by atoms with Gasteiger partial charge >= 0.3 is 6.01 Å². The molecule has 1 unspecified atom stereocenters. The molecule has 0 aliphatic rings. The number of thiazole rings is 1. The van der Waals surface area contributed by atoms with Crippen LogP contribution in [0.25, 0.3) is 0 Å². The van der Waals surface area contributed by atoms with Gasteiger partial charge in [0.25, 0.3) is 0 Å². The van der Waals surface area contributed by atoms with Gasteiger partial charge in [-0.25, -0.2) is 15.0 Å². The van der Waals surface area contributed by atoms with E-state index in [1.54, 1.807) is 23.7 Å². The summed E-state index contributed by atoms with van der Waals surface area (Å²) in [5.41, 5.74) is 7.97. The molecule has 0 spiro atoms. The zero-order chi connectivity index (χ0) is 12.3. The molecule has 2 aromatic heterocycles. The van der Waals surface area contributed by atoms with Gasteiger partial charge in [0.1, 0.15) is 0 Å². The molecule has 17 heavy (non-hydrogen) atoms. The van der Waals surface area contributed by atoms with Gasteiger partial charge in [0.15, 0.2) is 0 Å². The van der Waals surface area contributed by atoms with Crippen molar-refractivity contribution in [2.75, 3.05) is 7.11 Å². The number of aromatic nitrogens is 3. The first kappa shape index (κ1) is 11.9. The number of nitrogens with two attached hydrogens (primary N) is 1. The van der Waals surface area contributed by atoms with E-state index in [4.69, 9.17) is 10.5 Å². The summed E-state index contributed by atoms with van der Waals surface area (Å²) in [5, 5.41) is 3.08. The summed E-state index contributed by atoms with van der Waals surface area (Å²) in [7, 11) is 1.53. The Balaban J connectivity index is 2.06. The standard InChI is InChI=1S/C11H14N4OS/c1-7-15-9(6-17-7)3-10(12)8-4-13-11(16-2)14-5-8/h4-6,10H,3,12H2,1-2H3. The maximum absolute atomic E-state index is 6.07. The average Bonchev–Trinajstić information content (AvgIpc) is 2.75. The fourth-order valence-corrected chi connectivity index (χ4v) is 2.09. The van der Waals surface area contributed by atoms with Crippen LogP contribution in [0.5, 0.6) is 6.01 Å². The normalized spacial score (nSPS) is 12.4. The van der Waals surface area contributed by atoms with Crippen LogP contribution in [0.1, 0.15) is 22.3 Å². The van der Waals surface area contributed by atoms with Gasteiger partial charge in [-0.05, 0) is 6.92 Å². The molecule has 1 atom stereocenters. The van der Waals surface area contributed by atoms with Crippen molar-refractivity contribution in [3.8, 4) is 6.01 Å². The van der Waals surface area contributed by atoms with E-state index in [2.05, 4.69) is 15.0 Å². The summed E-state index contributed by atoms with van der Waals surface area (Å²) in [4.78, 5) is 12.5. The predicted octanol–water partition coefficient (Wildman–Crippen LogP) is 1.49. The average molecular weight is 250 g/mol. The fraction of sp³-hybridized carbons (Fsp3) is 0.364. The molecule has 0 fully saturated rings. The number of ether oxygens (including phenoxy) is 1. The second kappa shape index (κ2) is 5.20. The summed E-state index contributed by atoms with van der Waals surface area (Å²) in [6.07, 6.45) is 4.07. The number of hydrogen-bond donors (Lipinski definition) is 1. The molecule has 0 saturated carbocycles. The molecule has 2 rings (SSSR count). The van der Waals surface area contributed by atoms with E-state index in [1.807, 2.05) is 12.3 Å². The minimum Gasteiger partial charge on any atom is -0.467 e. The molecule has 2 aromatic rings. The predicted molar refractivity (Wildman–Crippen MR) is 66.1 cm³/mol. The summed E-state index contributed by atoms with van der Waals surface area (Å²) < 4.78 is 4.90. The van der Waals surface area contributed by atoms with Gasteiger partial charge in [-0.15, -0.1) is 11.3 Å². The molecule has 0 aromatic carbocycles. The number of rotatable bonds is 4. The summed E-state index contributed by atoms with van der Waals surface area (Å²) in [5.74, 6) is 0. The van der Waals surface area contributed by atoms with E-state index in [1.165, 1.54) is 7.11 Å². The highest BCUT2D eigenvalue weighted by molar-refractivity contribution is 7.09. The van der Waals surface area contributed by atoms with Crippen LogP contribution in [-0.4, -0.2) is 22.1 Å². The molecule has 0 amide bonds. The maximum Gasteiger partial charge on any atom is 0.316 e. The van der Waals surface area contributed by atoms with Crippen LogP contribution < -0.4 is 10.5 Å². The van der Waals surface area contributed by atoms with E-state index in [-0.39, 0.29) is 6.04 Å². The lowest BCUT2D eigenvalue weighted by Gasteiger charge is -2.09. The van der Waals surface area contributed by atoms with Gasteiger partial charge in [-0.2, -0.15) is 0 Å². The lowest BCUT2D eigenvalue weighted by atomic mass is 10.1. The van der Waals surface area contributed by atoms with Crippen molar-refractivity contribution in [2.45, 2.75) is 19.4 Å². The van der Waals surface area contributed by atoms with Crippen LogP contribution in [0.3, 0.4) is 0 Å². The van der Waals surface area contributed by atoms with Crippen LogP contribution >= 0.6 is 11.3 Å². The molecule has 2 heterocycles. The van der Waals surface area contributed by atoms with Crippen molar-refractivity contribution in [1.29, 1.82) is 0 Å². The van der Waals surface area contributed by atoms with Crippen LogP contribution in [-0.2, 0) is 6.42 Å². The molecule has 0 aliphatic heterocycles. The van der Waals surface area contributed by atoms with Crippen molar-refractivity contribution >= 4 is 11.3 Å². The molecule has 6 heteroatoms. The highest BCUT2D eigenvalue weighted by atomic mass is 32.1. The SMILES string of the molecule is COc1ncc(C(N)Cc2csc(C)n2)cn1. The second-order valence-corrected chi connectivity index (χ2v) is 4.73. The zero-order valence-electron chi connectivity index (χ0n) is 9.75. The highest BCUT2D eigenvalue weighted by Crippen LogP contribution is 2.17. The van der Waals surface area contributed by atoms with Crippen LogP contribution in [0, 0.1) is 6.92 Å². The smallest absolute Gasteiger partial charge is 0.316 e. The van der Waals surface area contributed by atoms with E-state index < -0.39 is 0 Å². The Kier molecular flexibility index (Phi) is 3.65. The third-order valence-electron chi connectivity index (χ3n) is 2.35. The van der Waals surface area contributed by atoms with Gasteiger partial charge in [0, 0.05) is 35.8 Å². The molecular formula is C11H14N4OS. The summed E-state index contributed by atoms with van der Waals surface area (Å²) in [6.45, 7) is 1.98. The molecule has 0 saturated heterocycles. The first-order valence-electron chi connectivity index (χ1n) is 5.21. The van der Waals surface area contributed by atoms with Crippen LogP contribution in [0.15, 0.2) is 17.8 Å². The van der Waals surface area contributed by atoms with Gasteiger partial charge in [0.05, 0.1) is 17.8 Å². The van der Waals surface area contributed by atoms with Gasteiger partial charge in [-0.3, -0.25) is 0 Å². The minimum absolute atomic E-state index is 0.137. The Morgan fingerprint density at radius 2 is 2.12 bits per heavy atom. The zero-order valence-corrected chi connectivity index (χ0v) is 10.6. The fourth-order valence-electron chi connectivity index (χ4n) is 1.47. The van der Waals surface area contributed by atoms with Crippen LogP contribution in [0.2, 0.25) is 0 Å². The van der Waals surface area contributed by atoms with Gasteiger partial charge < -0.3 is 10.5 Å². The topological polar surface area (TPSA) is 73.9 Å². The third kappa shape index (κ3) is 2.98. The van der Waals surface area contributed by atoms with E-state index in [0.29, 0.717) is 12.4 Å². The van der Waals surface area contributed by atoms with Crippen molar-refractivity contribution < 1.29 is 4.74 Å². The number of nitrogens with zero attached hydrogens (tertiary/aromatic N) is 3. The molecule has 0 bridgehead atoms. The van der Waals surface area contributed by atoms with Gasteiger partial charge in [-0.1, -0.05) is 0 Å². The Morgan fingerprint density at radius 3 is 2.65 bits per heavy atom. The number of methoxy groups -OCH3 is 1. The van der Waals surface area contributed by atoms with Crippen molar-refractivity contribution in [2.24, 2.45) is 5.73 Å². The quantitative estimate of drug-likeness (QED) is 0.890. The van der Waals surface area contributed by atoms with E-state index in [0.717, 1.165) is 16.3 Å². The Morgan fingerprint density at radius 1 is 1.41 bits per heavy atom. The highest BCUT2D eigenvalue weighted by Gasteiger charge is 2.10. The molecule has 0 radical (unpaired) electrons. The first-order chi connectivity index (χ1) is 8.19.